The van der Waals surface area contributed by atoms with Gasteiger partial charge in [0.15, 0.2) is 0 Å². The van der Waals surface area contributed by atoms with Crippen molar-refractivity contribution in [2.75, 3.05) is 28.6 Å². The summed E-state index contributed by atoms with van der Waals surface area (Å²) in [5, 5.41) is 5.81. The van der Waals surface area contributed by atoms with Gasteiger partial charge >= 0.3 is 0 Å². The number of halogens is 3. The fourth-order valence-electron chi connectivity index (χ4n) is 3.64. The van der Waals surface area contributed by atoms with E-state index < -0.39 is 11.7 Å². The largest absolute Gasteiger partial charge is 0.371 e. The van der Waals surface area contributed by atoms with E-state index >= 15 is 0 Å². The monoisotopic (exact) mass is 489 g/mol. The molecule has 2 N–H and O–H groups in total. The van der Waals surface area contributed by atoms with Crippen LogP contribution in [0.15, 0.2) is 61.1 Å². The fourth-order valence-corrected chi connectivity index (χ4v) is 3.75. The Morgan fingerprint density at radius 1 is 1.03 bits per heavy atom. The molecule has 0 aliphatic carbocycles. The van der Waals surface area contributed by atoms with Crippen molar-refractivity contribution in [2.45, 2.75) is 12.8 Å². The van der Waals surface area contributed by atoms with Crippen LogP contribution in [0.25, 0.3) is 0 Å². The molecule has 0 bridgehead atoms. The average molecular weight is 490 g/mol. The van der Waals surface area contributed by atoms with Gasteiger partial charge in [-0.25, -0.2) is 9.37 Å². The van der Waals surface area contributed by atoms with Crippen molar-refractivity contribution < 1.29 is 14.0 Å². The molecule has 3 aromatic rings. The van der Waals surface area contributed by atoms with E-state index in [1.54, 1.807) is 24.5 Å². The summed E-state index contributed by atoms with van der Waals surface area (Å²) in [5.74, 6) is -1.23. The third kappa shape index (κ3) is 6.18. The van der Waals surface area contributed by atoms with Crippen molar-refractivity contribution >= 4 is 53.0 Å². The number of nitrogens with zero attached hydrogens (tertiary/aromatic N) is 3. The molecule has 0 unspecified atom stereocenters. The Kier molecular flexibility index (Phi) is 8.19. The van der Waals surface area contributed by atoms with Crippen LogP contribution in [-0.2, 0) is 4.79 Å². The molecule has 1 aliphatic rings. The summed E-state index contributed by atoms with van der Waals surface area (Å²) >= 11 is 5.81. The van der Waals surface area contributed by atoms with E-state index in [9.17, 15) is 14.0 Å². The highest BCUT2D eigenvalue weighted by Crippen LogP contribution is 2.25. The van der Waals surface area contributed by atoms with Gasteiger partial charge in [-0.15, -0.1) is 12.4 Å². The lowest BCUT2D eigenvalue weighted by Crippen LogP contribution is -2.38. The predicted molar refractivity (Wildman–Crippen MR) is 129 cm³/mol. The number of amides is 2. The van der Waals surface area contributed by atoms with Gasteiger partial charge in [0.1, 0.15) is 11.6 Å². The Balaban J connectivity index is 0.00000306. The molecule has 0 radical (unpaired) electrons. The average Bonchev–Trinajstić information content (AvgIpc) is 2.81. The van der Waals surface area contributed by atoms with Crippen molar-refractivity contribution in [2.24, 2.45) is 5.92 Å². The van der Waals surface area contributed by atoms with Gasteiger partial charge in [-0.3, -0.25) is 14.6 Å². The number of anilines is 3. The summed E-state index contributed by atoms with van der Waals surface area (Å²) in [6.45, 7) is 1.45. The second kappa shape index (κ2) is 11.1. The molecule has 10 heteroatoms. The molecule has 1 aliphatic heterocycles. The summed E-state index contributed by atoms with van der Waals surface area (Å²) in [6, 6.07) is 10.7. The van der Waals surface area contributed by atoms with E-state index in [0.29, 0.717) is 23.7 Å². The van der Waals surface area contributed by atoms with Gasteiger partial charge in [0.25, 0.3) is 5.91 Å². The number of carbonyl (C=O) groups is 2. The Morgan fingerprint density at radius 3 is 2.42 bits per heavy atom. The molecule has 2 amide bonds. The minimum absolute atomic E-state index is 0. The first kappa shape index (κ1) is 24.4. The molecular weight excluding hydrogens is 468 g/mol. The molecule has 0 saturated carbocycles. The molecule has 33 heavy (non-hydrogen) atoms. The van der Waals surface area contributed by atoms with E-state index in [-0.39, 0.29) is 35.5 Å². The van der Waals surface area contributed by atoms with E-state index in [2.05, 4.69) is 25.5 Å². The molecule has 1 fully saturated rings. The Hall–Kier alpha value is -3.23. The summed E-state index contributed by atoms with van der Waals surface area (Å²) < 4.78 is 13.9. The lowest BCUT2D eigenvalue weighted by atomic mass is 9.95. The summed E-state index contributed by atoms with van der Waals surface area (Å²) in [4.78, 5) is 35.8. The molecule has 172 valence electrons. The number of hydrogen-bond donors (Lipinski definition) is 2. The van der Waals surface area contributed by atoms with Gasteiger partial charge in [-0.2, -0.15) is 0 Å². The van der Waals surface area contributed by atoms with Crippen molar-refractivity contribution in [3.05, 3.63) is 77.5 Å². The van der Waals surface area contributed by atoms with Crippen LogP contribution >= 0.6 is 24.0 Å². The quantitative estimate of drug-likeness (QED) is 0.537. The van der Waals surface area contributed by atoms with Crippen molar-refractivity contribution in [1.29, 1.82) is 0 Å². The number of benzene rings is 1. The zero-order chi connectivity index (χ0) is 22.5. The predicted octanol–water partition coefficient (Wildman–Crippen LogP) is 4.80. The summed E-state index contributed by atoms with van der Waals surface area (Å²) in [6.07, 6.45) is 6.19. The van der Waals surface area contributed by atoms with Gasteiger partial charge in [-0.1, -0.05) is 11.6 Å². The molecule has 2 aromatic heterocycles. The van der Waals surface area contributed by atoms with Crippen molar-refractivity contribution in [1.82, 2.24) is 9.97 Å². The topological polar surface area (TPSA) is 87.2 Å². The standard InChI is InChI=1S/C23H21ClFN5O2.ClH/c24-16-1-4-21(27-14-16)29-23(32)19-3-2-17(25)13-20(19)28-22(31)15-7-11-30(12-8-15)18-5-9-26-10-6-18;/h1-6,9-10,13-15H,7-8,11-12H2,(H,28,31)(H,27,29,32);1H. The molecule has 0 atom stereocenters. The number of pyridine rings is 2. The van der Waals surface area contributed by atoms with Gasteiger partial charge < -0.3 is 15.5 Å². The van der Waals surface area contributed by atoms with Gasteiger partial charge in [0.05, 0.1) is 16.3 Å². The van der Waals surface area contributed by atoms with Crippen LogP contribution in [-0.4, -0.2) is 34.9 Å². The fraction of sp³-hybridized carbons (Fsp3) is 0.217. The van der Waals surface area contributed by atoms with Crippen molar-refractivity contribution in [3.8, 4) is 0 Å². The minimum atomic E-state index is -0.547. The lowest BCUT2D eigenvalue weighted by molar-refractivity contribution is -0.120. The third-order valence-electron chi connectivity index (χ3n) is 5.35. The number of rotatable bonds is 5. The van der Waals surface area contributed by atoms with Crippen LogP contribution in [0.3, 0.4) is 0 Å². The molecule has 1 saturated heterocycles. The Bertz CT molecular complexity index is 1110. The molecule has 0 spiro atoms. The van der Waals surface area contributed by atoms with Crippen LogP contribution in [0.2, 0.25) is 5.02 Å². The minimum Gasteiger partial charge on any atom is -0.371 e. The molecule has 3 heterocycles. The summed E-state index contributed by atoms with van der Waals surface area (Å²) in [5.41, 5.74) is 1.34. The lowest BCUT2D eigenvalue weighted by Gasteiger charge is -2.33. The van der Waals surface area contributed by atoms with Gasteiger partial charge in [0.2, 0.25) is 5.91 Å². The van der Waals surface area contributed by atoms with Crippen LogP contribution in [0.1, 0.15) is 23.2 Å². The van der Waals surface area contributed by atoms with Crippen LogP contribution in [0.5, 0.6) is 0 Å². The number of carbonyl (C=O) groups excluding carboxylic acids is 2. The first-order valence-electron chi connectivity index (χ1n) is 10.2. The zero-order valence-corrected chi connectivity index (χ0v) is 19.1. The Labute approximate surface area is 201 Å². The highest BCUT2D eigenvalue weighted by atomic mass is 35.5. The molecule has 4 rings (SSSR count). The third-order valence-corrected chi connectivity index (χ3v) is 5.57. The highest BCUT2D eigenvalue weighted by molar-refractivity contribution is 6.30. The molecule has 1 aromatic carbocycles. The number of nitrogens with one attached hydrogen (secondary N) is 2. The molecular formula is C23H22Cl2FN5O2. The Morgan fingerprint density at radius 2 is 1.76 bits per heavy atom. The smallest absolute Gasteiger partial charge is 0.258 e. The van der Waals surface area contributed by atoms with Crippen LogP contribution < -0.4 is 15.5 Å². The number of hydrogen-bond acceptors (Lipinski definition) is 5. The second-order valence-electron chi connectivity index (χ2n) is 7.46. The zero-order valence-electron chi connectivity index (χ0n) is 17.5. The van der Waals surface area contributed by atoms with Crippen molar-refractivity contribution in [3.63, 3.8) is 0 Å². The van der Waals surface area contributed by atoms with Gasteiger partial charge in [0, 0.05) is 43.3 Å². The van der Waals surface area contributed by atoms with Crippen LogP contribution in [0.4, 0.5) is 21.6 Å². The SMILES string of the molecule is Cl.O=C(Nc1ccc(Cl)cn1)c1ccc(F)cc1NC(=O)C1CCN(c2ccncc2)CC1. The van der Waals surface area contributed by atoms with E-state index in [0.717, 1.165) is 24.8 Å². The first-order valence-corrected chi connectivity index (χ1v) is 10.6. The maximum absolute atomic E-state index is 13.9. The maximum Gasteiger partial charge on any atom is 0.258 e. The maximum atomic E-state index is 13.9. The number of piperidine rings is 1. The second-order valence-corrected chi connectivity index (χ2v) is 7.90. The van der Waals surface area contributed by atoms with Crippen LogP contribution in [0, 0.1) is 11.7 Å². The highest BCUT2D eigenvalue weighted by Gasteiger charge is 2.26. The summed E-state index contributed by atoms with van der Waals surface area (Å²) in [7, 11) is 0. The first-order chi connectivity index (χ1) is 15.5. The normalized spacial score (nSPS) is 13.7. The molecule has 7 nitrogen and oxygen atoms in total. The number of aromatic nitrogens is 2. The van der Waals surface area contributed by atoms with E-state index in [1.807, 2.05) is 12.1 Å². The van der Waals surface area contributed by atoms with E-state index in [4.69, 9.17) is 11.6 Å². The van der Waals surface area contributed by atoms with Gasteiger partial charge in [-0.05, 0) is 55.3 Å². The van der Waals surface area contributed by atoms with E-state index in [1.165, 1.54) is 18.3 Å².